The zero-order valence-corrected chi connectivity index (χ0v) is 14.1. The van der Waals surface area contributed by atoms with Crippen molar-refractivity contribution in [3.8, 4) is 11.5 Å². The van der Waals surface area contributed by atoms with Crippen molar-refractivity contribution in [3.63, 3.8) is 0 Å². The quantitative estimate of drug-likeness (QED) is 0.907. The summed E-state index contributed by atoms with van der Waals surface area (Å²) in [5, 5.41) is 9.92. The molecule has 24 heavy (non-hydrogen) atoms. The van der Waals surface area contributed by atoms with Crippen LogP contribution in [-0.2, 0) is 7.05 Å². The van der Waals surface area contributed by atoms with Gasteiger partial charge in [0.2, 0.25) is 0 Å². The summed E-state index contributed by atoms with van der Waals surface area (Å²) in [5.74, 6) is 2.12. The number of urea groups is 1. The van der Waals surface area contributed by atoms with E-state index in [-0.39, 0.29) is 12.1 Å². The lowest BCUT2D eigenvalue weighted by Crippen LogP contribution is -2.31. The highest BCUT2D eigenvalue weighted by atomic mass is 16.5. The minimum atomic E-state index is -0.280. The van der Waals surface area contributed by atoms with Crippen LogP contribution in [0.4, 0.5) is 10.6 Å². The molecule has 7 nitrogen and oxygen atoms in total. The Morgan fingerprint density at radius 2 is 2.00 bits per heavy atom. The Kier molecular flexibility index (Phi) is 4.59. The Hall–Kier alpha value is -2.70. The highest BCUT2D eigenvalue weighted by Crippen LogP contribution is 2.32. The van der Waals surface area contributed by atoms with Gasteiger partial charge in [0, 0.05) is 19.5 Å². The van der Waals surface area contributed by atoms with Crippen molar-refractivity contribution in [1.82, 2.24) is 15.1 Å². The molecule has 7 heteroatoms. The van der Waals surface area contributed by atoms with Gasteiger partial charge in [-0.25, -0.2) is 4.79 Å². The third-order valence-corrected chi connectivity index (χ3v) is 3.86. The minimum absolute atomic E-state index is 0.170. The fourth-order valence-electron chi connectivity index (χ4n) is 2.61. The largest absolute Gasteiger partial charge is 0.490 e. The van der Waals surface area contributed by atoms with Crippen LogP contribution in [0.2, 0.25) is 0 Å². The van der Waals surface area contributed by atoms with Gasteiger partial charge in [0.1, 0.15) is 5.82 Å². The van der Waals surface area contributed by atoms with Gasteiger partial charge in [0.05, 0.1) is 24.9 Å². The lowest BCUT2D eigenvalue weighted by atomic mass is 10.1. The Labute approximate surface area is 140 Å². The average Bonchev–Trinajstić information content (AvgIpc) is 2.75. The van der Waals surface area contributed by atoms with Crippen molar-refractivity contribution in [2.75, 3.05) is 18.5 Å². The van der Waals surface area contributed by atoms with E-state index in [2.05, 4.69) is 15.7 Å². The van der Waals surface area contributed by atoms with Gasteiger partial charge in [-0.3, -0.25) is 10.00 Å². The number of rotatable bonds is 3. The first kappa shape index (κ1) is 16.2. The van der Waals surface area contributed by atoms with Crippen molar-refractivity contribution in [2.24, 2.45) is 7.05 Å². The van der Waals surface area contributed by atoms with Gasteiger partial charge >= 0.3 is 6.03 Å². The van der Waals surface area contributed by atoms with Gasteiger partial charge in [-0.2, -0.15) is 5.10 Å². The number of hydrogen-bond donors (Lipinski definition) is 2. The number of nitrogens with one attached hydrogen (secondary N) is 2. The molecular weight excluding hydrogens is 308 g/mol. The maximum absolute atomic E-state index is 12.2. The van der Waals surface area contributed by atoms with E-state index in [0.29, 0.717) is 19.0 Å². The molecule has 2 amide bonds. The van der Waals surface area contributed by atoms with E-state index < -0.39 is 0 Å². The summed E-state index contributed by atoms with van der Waals surface area (Å²) >= 11 is 0. The highest BCUT2D eigenvalue weighted by molar-refractivity contribution is 5.88. The summed E-state index contributed by atoms with van der Waals surface area (Å²) in [5.41, 5.74) is 1.80. The van der Waals surface area contributed by atoms with Crippen LogP contribution >= 0.6 is 0 Å². The maximum atomic E-state index is 12.2. The van der Waals surface area contributed by atoms with E-state index >= 15 is 0 Å². The molecule has 0 saturated heterocycles. The minimum Gasteiger partial charge on any atom is -0.490 e. The highest BCUT2D eigenvalue weighted by Gasteiger charge is 2.16. The number of hydrogen-bond acceptors (Lipinski definition) is 4. The van der Waals surface area contributed by atoms with Gasteiger partial charge in [-0.15, -0.1) is 0 Å². The lowest BCUT2D eigenvalue weighted by Gasteiger charge is -2.17. The van der Waals surface area contributed by atoms with Crippen molar-refractivity contribution in [2.45, 2.75) is 26.3 Å². The molecule has 0 bridgehead atoms. The fraction of sp³-hybridized carbons (Fsp3) is 0.412. The molecule has 3 rings (SSSR count). The van der Waals surface area contributed by atoms with Crippen LogP contribution in [0, 0.1) is 6.92 Å². The van der Waals surface area contributed by atoms with Crippen molar-refractivity contribution >= 4 is 11.8 Å². The van der Waals surface area contributed by atoms with E-state index in [9.17, 15) is 4.79 Å². The molecule has 2 heterocycles. The lowest BCUT2D eigenvalue weighted by molar-refractivity contribution is 0.249. The second-order valence-electron chi connectivity index (χ2n) is 5.87. The summed E-state index contributed by atoms with van der Waals surface area (Å²) < 4.78 is 12.9. The zero-order chi connectivity index (χ0) is 17.1. The van der Waals surface area contributed by atoms with E-state index in [1.165, 1.54) is 0 Å². The van der Waals surface area contributed by atoms with Crippen LogP contribution < -0.4 is 20.1 Å². The number of anilines is 1. The van der Waals surface area contributed by atoms with Crippen LogP contribution in [0.3, 0.4) is 0 Å². The molecule has 1 aliphatic heterocycles. The third-order valence-electron chi connectivity index (χ3n) is 3.86. The summed E-state index contributed by atoms with van der Waals surface area (Å²) in [4.78, 5) is 12.2. The molecule has 0 unspecified atom stereocenters. The number of carbonyl (C=O) groups is 1. The second kappa shape index (κ2) is 6.82. The summed E-state index contributed by atoms with van der Waals surface area (Å²) in [7, 11) is 1.79. The monoisotopic (exact) mass is 330 g/mol. The number of aromatic nitrogens is 2. The molecule has 0 fully saturated rings. The van der Waals surface area contributed by atoms with Crippen molar-refractivity contribution in [3.05, 3.63) is 35.5 Å². The fourth-order valence-corrected chi connectivity index (χ4v) is 2.61. The molecule has 0 spiro atoms. The first-order valence-corrected chi connectivity index (χ1v) is 8.00. The molecule has 1 atom stereocenters. The van der Waals surface area contributed by atoms with Crippen LogP contribution in [-0.4, -0.2) is 29.0 Å². The number of ether oxygens (including phenoxy) is 2. The Morgan fingerprint density at radius 3 is 2.71 bits per heavy atom. The van der Waals surface area contributed by atoms with E-state index in [0.717, 1.165) is 29.2 Å². The number of benzene rings is 1. The number of fused-ring (bicyclic) bond motifs is 1. The predicted molar refractivity (Wildman–Crippen MR) is 90.6 cm³/mol. The first-order valence-electron chi connectivity index (χ1n) is 8.00. The van der Waals surface area contributed by atoms with Gasteiger partial charge in [0.25, 0.3) is 0 Å². The van der Waals surface area contributed by atoms with Crippen molar-refractivity contribution < 1.29 is 14.3 Å². The second-order valence-corrected chi connectivity index (χ2v) is 5.87. The molecule has 0 aliphatic carbocycles. The Balaban J connectivity index is 1.66. The van der Waals surface area contributed by atoms with Gasteiger partial charge in [-0.05, 0) is 31.5 Å². The first-order chi connectivity index (χ1) is 11.5. The van der Waals surface area contributed by atoms with Crippen LogP contribution in [0.25, 0.3) is 0 Å². The Morgan fingerprint density at radius 1 is 1.25 bits per heavy atom. The van der Waals surface area contributed by atoms with Crippen LogP contribution in [0.5, 0.6) is 11.5 Å². The van der Waals surface area contributed by atoms with E-state index in [1.807, 2.05) is 38.1 Å². The number of aryl methyl sites for hydroxylation is 2. The van der Waals surface area contributed by atoms with Crippen molar-refractivity contribution in [1.29, 1.82) is 0 Å². The van der Waals surface area contributed by atoms with Crippen LogP contribution in [0.1, 0.15) is 30.6 Å². The van der Waals surface area contributed by atoms with Gasteiger partial charge in [-0.1, -0.05) is 6.07 Å². The summed E-state index contributed by atoms with van der Waals surface area (Å²) in [6.07, 6.45) is 0.865. The smallest absolute Gasteiger partial charge is 0.320 e. The maximum Gasteiger partial charge on any atom is 0.320 e. The SMILES string of the molecule is Cc1cc(NC(=O)N[C@@H](C)c2ccc3c(c2)OCCCO3)n(C)n1. The van der Waals surface area contributed by atoms with Crippen LogP contribution in [0.15, 0.2) is 24.3 Å². The standard InChI is InChI=1S/C17H22N4O3/c1-11-9-16(21(3)20-11)19-17(22)18-12(2)13-5-6-14-15(10-13)24-8-4-7-23-14/h5-6,9-10,12H,4,7-8H2,1-3H3,(H2,18,19,22)/t12-/m0/s1. The molecule has 2 N–H and O–H groups in total. The Bertz CT molecular complexity index is 741. The molecule has 128 valence electrons. The van der Waals surface area contributed by atoms with Gasteiger partial charge < -0.3 is 14.8 Å². The third kappa shape index (κ3) is 3.61. The topological polar surface area (TPSA) is 77.4 Å². The molecule has 2 aromatic rings. The number of carbonyl (C=O) groups excluding carboxylic acids is 1. The molecule has 1 aromatic heterocycles. The molecule has 0 radical (unpaired) electrons. The van der Waals surface area contributed by atoms with E-state index in [4.69, 9.17) is 9.47 Å². The average molecular weight is 330 g/mol. The molecule has 1 aliphatic rings. The predicted octanol–water partition coefficient (Wildman–Crippen LogP) is 2.77. The number of nitrogens with zero attached hydrogens (tertiary/aromatic N) is 2. The molecular formula is C17H22N4O3. The summed E-state index contributed by atoms with van der Waals surface area (Å²) in [6.45, 7) is 5.10. The summed E-state index contributed by atoms with van der Waals surface area (Å²) in [6, 6.07) is 7.11. The zero-order valence-electron chi connectivity index (χ0n) is 14.1. The van der Waals surface area contributed by atoms with E-state index in [1.54, 1.807) is 11.7 Å². The normalized spacial score (nSPS) is 14.6. The van der Waals surface area contributed by atoms with Gasteiger partial charge in [0.15, 0.2) is 11.5 Å². The molecule has 1 aromatic carbocycles. The number of amides is 2. The molecule has 0 saturated carbocycles.